The zero-order valence-electron chi connectivity index (χ0n) is 7.90. The Balaban J connectivity index is 3.11. The molecule has 0 saturated carbocycles. The minimum Gasteiger partial charge on any atom is -0.352 e. The van der Waals surface area contributed by atoms with Crippen LogP contribution in [-0.4, -0.2) is 20.4 Å². The summed E-state index contributed by atoms with van der Waals surface area (Å²) in [6.45, 7) is 1.88. The van der Waals surface area contributed by atoms with E-state index in [-0.39, 0.29) is 4.90 Å². The lowest BCUT2D eigenvalue weighted by Gasteiger charge is -2.08. The van der Waals surface area contributed by atoms with Gasteiger partial charge in [-0.3, -0.25) is 0 Å². The molecule has 0 saturated heterocycles. The third-order valence-electron chi connectivity index (χ3n) is 1.78. The van der Waals surface area contributed by atoms with Crippen molar-refractivity contribution in [2.24, 2.45) is 0 Å². The van der Waals surface area contributed by atoms with Crippen LogP contribution in [0.2, 0.25) is 0 Å². The lowest BCUT2D eigenvalue weighted by atomic mass is 10.2. The highest BCUT2D eigenvalue weighted by Gasteiger charge is 2.24. The van der Waals surface area contributed by atoms with Gasteiger partial charge < -0.3 is 4.74 Å². The maximum atomic E-state index is 11.6. The Morgan fingerprint density at radius 3 is 2.21 bits per heavy atom. The van der Waals surface area contributed by atoms with E-state index in [1.807, 2.05) is 6.92 Å². The van der Waals surface area contributed by atoms with Crippen molar-refractivity contribution >= 4 is 21.4 Å². The Labute approximate surface area is 88.6 Å². The zero-order valence-corrected chi connectivity index (χ0v) is 9.47. The molecule has 78 valence electrons. The van der Waals surface area contributed by atoms with E-state index in [1.54, 1.807) is 12.1 Å². The van der Waals surface area contributed by atoms with Gasteiger partial charge >= 0.3 is 0 Å². The Hall–Kier alpha value is -0.580. The minimum absolute atomic E-state index is 0.171. The first kappa shape index (κ1) is 11.5. The molecule has 14 heavy (non-hydrogen) atoms. The average molecular weight is 235 g/mol. The van der Waals surface area contributed by atoms with Crippen LogP contribution in [0.25, 0.3) is 0 Å². The molecule has 0 heterocycles. The van der Waals surface area contributed by atoms with Crippen LogP contribution >= 0.6 is 11.6 Å². The summed E-state index contributed by atoms with van der Waals surface area (Å²) < 4.78 is 27.8. The van der Waals surface area contributed by atoms with Gasteiger partial charge in [-0.05, 0) is 19.1 Å². The molecule has 0 radical (unpaired) electrons. The lowest BCUT2D eigenvalue weighted by molar-refractivity contribution is 0.220. The van der Waals surface area contributed by atoms with Crippen molar-refractivity contribution in [1.29, 1.82) is 0 Å². The summed E-state index contributed by atoms with van der Waals surface area (Å²) in [4.78, 5) is -1.16. The second kappa shape index (κ2) is 4.29. The monoisotopic (exact) mass is 234 g/mol. The van der Waals surface area contributed by atoms with Crippen LogP contribution in [0.4, 0.5) is 0 Å². The van der Waals surface area contributed by atoms with E-state index >= 15 is 0 Å². The largest absolute Gasteiger partial charge is 0.352 e. The summed E-state index contributed by atoms with van der Waals surface area (Å²) in [5.41, 5.74) is 0.993. The van der Waals surface area contributed by atoms with Gasteiger partial charge in [0.25, 0.3) is 0 Å². The van der Waals surface area contributed by atoms with Crippen molar-refractivity contribution in [3.05, 3.63) is 29.8 Å². The molecule has 1 rings (SSSR count). The van der Waals surface area contributed by atoms with Gasteiger partial charge in [0.1, 0.15) is 0 Å². The Morgan fingerprint density at radius 1 is 1.29 bits per heavy atom. The molecular formula is C9H11ClO3S. The van der Waals surface area contributed by atoms with Crippen LogP contribution in [0.3, 0.4) is 0 Å². The molecule has 1 atom stereocenters. The summed E-state index contributed by atoms with van der Waals surface area (Å²) in [5.74, 6) is 0. The molecule has 0 fully saturated rings. The fraction of sp³-hybridized carbons (Fsp3) is 0.333. The number of hydrogen-bond donors (Lipinski definition) is 0. The van der Waals surface area contributed by atoms with Crippen LogP contribution in [0.1, 0.15) is 5.56 Å². The smallest absolute Gasteiger partial charge is 0.237 e. The van der Waals surface area contributed by atoms with Crippen LogP contribution in [-0.2, 0) is 14.6 Å². The third-order valence-corrected chi connectivity index (χ3v) is 4.27. The van der Waals surface area contributed by atoms with Crippen LogP contribution in [0.15, 0.2) is 29.2 Å². The van der Waals surface area contributed by atoms with Crippen molar-refractivity contribution in [3.8, 4) is 0 Å². The van der Waals surface area contributed by atoms with Gasteiger partial charge in [-0.25, -0.2) is 8.42 Å². The summed E-state index contributed by atoms with van der Waals surface area (Å²) in [6.07, 6.45) is 0. The number of sulfone groups is 1. The predicted octanol–water partition coefficient (Wildman–Crippen LogP) is 1.94. The van der Waals surface area contributed by atoms with Crippen molar-refractivity contribution in [2.45, 2.75) is 16.7 Å². The number of rotatable bonds is 3. The number of methoxy groups -OCH3 is 1. The first-order valence-corrected chi connectivity index (χ1v) is 5.94. The second-order valence-electron chi connectivity index (χ2n) is 2.87. The van der Waals surface area contributed by atoms with Gasteiger partial charge in [0.15, 0.2) is 0 Å². The summed E-state index contributed by atoms with van der Waals surface area (Å²) in [5, 5.41) is 0. The highest BCUT2D eigenvalue weighted by Crippen LogP contribution is 2.19. The molecule has 0 spiro atoms. The van der Waals surface area contributed by atoms with Gasteiger partial charge in [0.2, 0.25) is 14.7 Å². The summed E-state index contributed by atoms with van der Waals surface area (Å²) >= 11 is 5.52. The highest BCUT2D eigenvalue weighted by molar-refractivity contribution is 7.93. The van der Waals surface area contributed by atoms with Crippen LogP contribution in [0.5, 0.6) is 0 Å². The second-order valence-corrected chi connectivity index (χ2v) is 5.51. The zero-order chi connectivity index (χ0) is 10.8. The van der Waals surface area contributed by atoms with Crippen molar-refractivity contribution < 1.29 is 13.2 Å². The first-order valence-electron chi connectivity index (χ1n) is 3.96. The molecule has 0 N–H and O–H groups in total. The van der Waals surface area contributed by atoms with Crippen LogP contribution in [0, 0.1) is 6.92 Å². The minimum atomic E-state index is -3.56. The highest BCUT2D eigenvalue weighted by atomic mass is 35.5. The van der Waals surface area contributed by atoms with Crippen molar-refractivity contribution in [1.82, 2.24) is 0 Å². The topological polar surface area (TPSA) is 43.4 Å². The fourth-order valence-corrected chi connectivity index (χ4v) is 2.25. The lowest BCUT2D eigenvalue weighted by Crippen LogP contribution is -2.17. The molecule has 0 amide bonds. The molecule has 0 aliphatic rings. The standard InChI is InChI=1S/C9H11ClO3S/c1-7-3-5-8(6-4-7)14(11,12)9(10)13-2/h3-6,9H,1-2H3. The molecule has 0 bridgehead atoms. The van der Waals surface area contributed by atoms with Gasteiger partial charge in [-0.1, -0.05) is 29.3 Å². The van der Waals surface area contributed by atoms with E-state index < -0.39 is 14.7 Å². The molecule has 3 nitrogen and oxygen atoms in total. The summed E-state index contributed by atoms with van der Waals surface area (Å²) in [6, 6.07) is 6.45. The molecule has 0 aliphatic heterocycles. The summed E-state index contributed by atoms with van der Waals surface area (Å²) in [7, 11) is -2.31. The molecule has 1 aromatic rings. The van der Waals surface area contributed by atoms with Gasteiger partial charge in [0.05, 0.1) is 4.90 Å². The maximum absolute atomic E-state index is 11.6. The maximum Gasteiger partial charge on any atom is 0.237 e. The molecule has 5 heteroatoms. The average Bonchev–Trinajstić information content (AvgIpc) is 2.17. The number of ether oxygens (including phenoxy) is 1. The number of aryl methyl sites for hydroxylation is 1. The molecule has 1 aromatic carbocycles. The first-order chi connectivity index (χ1) is 6.48. The number of benzene rings is 1. The number of halogens is 1. The SMILES string of the molecule is COC(Cl)S(=O)(=O)c1ccc(C)cc1. The number of hydrogen-bond acceptors (Lipinski definition) is 3. The molecule has 1 unspecified atom stereocenters. The van der Waals surface area contributed by atoms with E-state index in [1.165, 1.54) is 19.2 Å². The Bertz CT molecular complexity index is 397. The van der Waals surface area contributed by atoms with E-state index in [4.69, 9.17) is 11.6 Å². The van der Waals surface area contributed by atoms with E-state index in [0.717, 1.165) is 5.56 Å². The fourth-order valence-electron chi connectivity index (χ4n) is 0.962. The van der Waals surface area contributed by atoms with Crippen molar-refractivity contribution in [3.63, 3.8) is 0 Å². The third kappa shape index (κ3) is 2.26. The molecule has 0 aromatic heterocycles. The van der Waals surface area contributed by atoms with E-state index in [9.17, 15) is 8.42 Å². The van der Waals surface area contributed by atoms with Gasteiger partial charge in [0, 0.05) is 7.11 Å². The molecular weight excluding hydrogens is 224 g/mol. The molecule has 0 aliphatic carbocycles. The van der Waals surface area contributed by atoms with Crippen molar-refractivity contribution in [2.75, 3.05) is 7.11 Å². The van der Waals surface area contributed by atoms with E-state index in [2.05, 4.69) is 4.74 Å². The van der Waals surface area contributed by atoms with Crippen LogP contribution < -0.4 is 0 Å². The predicted molar refractivity (Wildman–Crippen MR) is 55.0 cm³/mol. The van der Waals surface area contributed by atoms with Gasteiger partial charge in [-0.2, -0.15) is 0 Å². The van der Waals surface area contributed by atoms with Gasteiger partial charge in [-0.15, -0.1) is 0 Å². The van der Waals surface area contributed by atoms with E-state index in [0.29, 0.717) is 0 Å². The Morgan fingerprint density at radius 2 is 1.79 bits per heavy atom. The Kier molecular flexibility index (Phi) is 3.53. The number of alkyl halides is 1. The quantitative estimate of drug-likeness (QED) is 0.751. The normalized spacial score (nSPS) is 13.9.